The molecule has 0 bridgehead atoms. The van der Waals surface area contributed by atoms with Crippen LogP contribution in [0.15, 0.2) is 0 Å². The number of hydrogen-bond acceptors (Lipinski definition) is 4. The van der Waals surface area contributed by atoms with Crippen molar-refractivity contribution in [2.45, 2.75) is 82.4 Å². The molecular weight excluding hydrogens is 447 g/mol. The number of alkyl halides is 1. The van der Waals surface area contributed by atoms with Crippen LogP contribution < -0.4 is 11.1 Å². The summed E-state index contributed by atoms with van der Waals surface area (Å²) in [5.74, 6) is -0.375. The lowest BCUT2D eigenvalue weighted by Crippen LogP contribution is -2.46. The van der Waals surface area contributed by atoms with Gasteiger partial charge in [-0.15, -0.1) is 0 Å². The largest absolute Gasteiger partial charge is 0.351 e. The Bertz CT molecular complexity index is 438. The molecule has 0 aliphatic carbocycles. The van der Waals surface area contributed by atoms with Crippen LogP contribution in [0.25, 0.3) is 0 Å². The quantitative estimate of drug-likeness (QED) is 0.240. The monoisotopic (exact) mass is 474 g/mol. The van der Waals surface area contributed by atoms with Crippen LogP contribution in [0, 0.1) is 0 Å². The van der Waals surface area contributed by atoms with Crippen molar-refractivity contribution < 1.29 is 19.2 Å². The summed E-state index contributed by atoms with van der Waals surface area (Å²) >= 11 is 13.6. The molecule has 0 fully saturated rings. The number of imide groups is 1. The molecule has 0 aromatic heterocycles. The van der Waals surface area contributed by atoms with Crippen molar-refractivity contribution in [1.29, 1.82) is 0 Å². The molecule has 0 rings (SSSR count). The molecule has 0 atom stereocenters. The van der Waals surface area contributed by atoms with Crippen molar-refractivity contribution in [3.05, 3.63) is 0 Å². The molecular formula is C17H29BrCl2N2O4. The van der Waals surface area contributed by atoms with Gasteiger partial charge in [-0.3, -0.25) is 19.7 Å². The number of primary amides is 1. The molecule has 0 heterocycles. The summed E-state index contributed by atoms with van der Waals surface area (Å²) in [6.07, 6.45) is 8.18. The van der Waals surface area contributed by atoms with E-state index in [-0.39, 0.29) is 16.4 Å². The van der Waals surface area contributed by atoms with Gasteiger partial charge < -0.3 is 5.73 Å². The van der Waals surface area contributed by atoms with Gasteiger partial charge in [-0.1, -0.05) is 55.5 Å². The van der Waals surface area contributed by atoms with Gasteiger partial charge in [0.05, 0.1) is 0 Å². The van der Waals surface area contributed by atoms with Gasteiger partial charge in [0.15, 0.2) is 0 Å². The number of halogens is 3. The maximum Gasteiger partial charge on any atom is 0.318 e. The average Bonchev–Trinajstić information content (AvgIpc) is 2.55. The van der Waals surface area contributed by atoms with Crippen LogP contribution >= 0.6 is 39.1 Å². The highest BCUT2D eigenvalue weighted by molar-refractivity contribution is 9.10. The first-order valence-electron chi connectivity index (χ1n) is 8.75. The highest BCUT2D eigenvalue weighted by atomic mass is 79.9. The summed E-state index contributed by atoms with van der Waals surface area (Å²) in [5, 5.41) is 1.53. The molecule has 0 spiro atoms. The normalized spacial score (nSPS) is 10.5. The number of urea groups is 1. The molecule has 9 heteroatoms. The highest BCUT2D eigenvalue weighted by Gasteiger charge is 2.32. The fraction of sp³-hybridized carbons (Fsp3) is 0.765. The van der Waals surface area contributed by atoms with Gasteiger partial charge in [-0.2, -0.15) is 0 Å². The van der Waals surface area contributed by atoms with E-state index in [9.17, 15) is 19.2 Å². The zero-order valence-corrected chi connectivity index (χ0v) is 18.5. The van der Waals surface area contributed by atoms with Crippen molar-refractivity contribution >= 4 is 61.6 Å². The standard InChI is InChI=1S/C10H16Cl2O2.C7H13BrN2O2/c11-9(13)7-5-3-1-2-4-6-8-10(12)14;1-3-7(8,4-2)5(11)10-6(9)12/h1-8H2;3-4H2,1-2H3,(H3,9,10,11,12). The summed E-state index contributed by atoms with van der Waals surface area (Å²) in [4.78, 5) is 42.4. The Hall–Kier alpha value is -0.660. The minimum Gasteiger partial charge on any atom is -0.351 e. The molecule has 0 aliphatic rings. The first-order chi connectivity index (χ1) is 12.1. The molecule has 0 saturated heterocycles. The Morgan fingerprint density at radius 3 is 1.46 bits per heavy atom. The Morgan fingerprint density at radius 1 is 0.846 bits per heavy atom. The summed E-state index contributed by atoms with van der Waals surface area (Å²) < 4.78 is -0.665. The van der Waals surface area contributed by atoms with Gasteiger partial charge in [-0.25, -0.2) is 4.79 Å². The number of unbranched alkanes of at least 4 members (excludes halogenated alkanes) is 5. The summed E-state index contributed by atoms with van der Waals surface area (Å²) in [7, 11) is 0. The van der Waals surface area contributed by atoms with Crippen LogP contribution in [0.3, 0.4) is 0 Å². The lowest BCUT2D eigenvalue weighted by molar-refractivity contribution is -0.122. The minimum absolute atomic E-state index is 0.252. The van der Waals surface area contributed by atoms with Gasteiger partial charge in [0.2, 0.25) is 16.4 Å². The maximum atomic E-state index is 11.3. The third-order valence-corrected chi connectivity index (χ3v) is 5.62. The van der Waals surface area contributed by atoms with Crippen LogP contribution in [-0.2, 0) is 14.4 Å². The van der Waals surface area contributed by atoms with Crippen LogP contribution in [0.1, 0.15) is 78.1 Å². The van der Waals surface area contributed by atoms with Crippen LogP contribution in [0.4, 0.5) is 4.79 Å². The van der Waals surface area contributed by atoms with E-state index in [0.717, 1.165) is 38.5 Å². The van der Waals surface area contributed by atoms with E-state index in [1.807, 2.05) is 19.2 Å². The van der Waals surface area contributed by atoms with Gasteiger partial charge in [-0.05, 0) is 48.9 Å². The smallest absolute Gasteiger partial charge is 0.318 e. The molecule has 0 radical (unpaired) electrons. The molecule has 0 aromatic carbocycles. The fourth-order valence-corrected chi connectivity index (χ4v) is 2.40. The van der Waals surface area contributed by atoms with Gasteiger partial charge in [0, 0.05) is 12.8 Å². The lowest BCUT2D eigenvalue weighted by Gasteiger charge is -2.21. The second-order valence-corrected chi connectivity index (χ2v) is 8.18. The zero-order valence-electron chi connectivity index (χ0n) is 15.4. The molecule has 0 aliphatic heterocycles. The van der Waals surface area contributed by atoms with Crippen molar-refractivity contribution in [3.8, 4) is 0 Å². The molecule has 6 nitrogen and oxygen atoms in total. The van der Waals surface area contributed by atoms with E-state index in [4.69, 9.17) is 28.9 Å². The van der Waals surface area contributed by atoms with E-state index in [2.05, 4.69) is 15.9 Å². The topological polar surface area (TPSA) is 106 Å². The maximum absolute atomic E-state index is 11.3. The molecule has 0 unspecified atom stereocenters. The molecule has 0 aromatic rings. The minimum atomic E-state index is -0.814. The number of carbonyl (C=O) groups excluding carboxylic acids is 4. The second-order valence-electron chi connectivity index (χ2n) is 5.82. The number of carbonyl (C=O) groups is 4. The first kappa shape index (κ1) is 27.6. The molecule has 3 amide bonds. The van der Waals surface area contributed by atoms with E-state index >= 15 is 0 Å². The van der Waals surface area contributed by atoms with Crippen LogP contribution in [0.2, 0.25) is 0 Å². The van der Waals surface area contributed by atoms with Crippen molar-refractivity contribution in [2.75, 3.05) is 0 Å². The fourth-order valence-electron chi connectivity index (χ4n) is 2.03. The predicted molar refractivity (Wildman–Crippen MR) is 109 cm³/mol. The number of nitrogens with two attached hydrogens (primary N) is 1. The Kier molecular flexibility index (Phi) is 17.5. The zero-order chi connectivity index (χ0) is 20.6. The second kappa shape index (κ2) is 16.5. The van der Waals surface area contributed by atoms with E-state index in [1.165, 1.54) is 0 Å². The number of hydrogen-bond donors (Lipinski definition) is 2. The Morgan fingerprint density at radius 2 is 1.19 bits per heavy atom. The summed E-state index contributed by atoms with van der Waals surface area (Å²) in [6, 6.07) is -0.814. The average molecular weight is 476 g/mol. The Labute approximate surface area is 174 Å². The van der Waals surface area contributed by atoms with Gasteiger partial charge in [0.1, 0.15) is 4.32 Å². The van der Waals surface area contributed by atoms with E-state index < -0.39 is 10.4 Å². The summed E-state index contributed by atoms with van der Waals surface area (Å²) in [6.45, 7) is 3.72. The van der Waals surface area contributed by atoms with Crippen molar-refractivity contribution in [2.24, 2.45) is 5.73 Å². The number of rotatable bonds is 12. The molecule has 26 heavy (non-hydrogen) atoms. The molecule has 152 valence electrons. The number of amides is 3. The van der Waals surface area contributed by atoms with Crippen molar-refractivity contribution in [3.63, 3.8) is 0 Å². The molecule has 0 saturated carbocycles. The summed E-state index contributed by atoms with van der Waals surface area (Å²) in [5.41, 5.74) is 4.81. The van der Waals surface area contributed by atoms with Crippen molar-refractivity contribution in [1.82, 2.24) is 5.32 Å². The van der Waals surface area contributed by atoms with Crippen LogP contribution in [0.5, 0.6) is 0 Å². The van der Waals surface area contributed by atoms with E-state index in [1.54, 1.807) is 0 Å². The third kappa shape index (κ3) is 16.8. The van der Waals surface area contributed by atoms with Crippen LogP contribution in [-0.4, -0.2) is 26.7 Å². The third-order valence-electron chi connectivity index (χ3n) is 3.76. The van der Waals surface area contributed by atoms with Gasteiger partial charge >= 0.3 is 6.03 Å². The molecule has 3 N–H and O–H groups in total. The van der Waals surface area contributed by atoms with Gasteiger partial charge in [0.25, 0.3) is 0 Å². The SMILES string of the molecule is CCC(Br)(CC)C(=O)NC(N)=O.O=C(Cl)CCCCCCCCC(=O)Cl. The highest BCUT2D eigenvalue weighted by Crippen LogP contribution is 2.26. The predicted octanol–water partition coefficient (Wildman–Crippen LogP) is 4.77. The first-order valence-corrected chi connectivity index (χ1v) is 10.3. The lowest BCUT2D eigenvalue weighted by atomic mass is 10.0. The number of nitrogens with one attached hydrogen (secondary N) is 1. The van der Waals surface area contributed by atoms with E-state index in [0.29, 0.717) is 25.7 Å². The Balaban J connectivity index is 0.